The van der Waals surface area contributed by atoms with Gasteiger partial charge in [-0.15, -0.1) is 0 Å². The van der Waals surface area contributed by atoms with Crippen LogP contribution in [0.15, 0.2) is 99.7 Å². The number of pyridine rings is 1. The van der Waals surface area contributed by atoms with E-state index in [4.69, 9.17) is 0 Å². The first-order valence-corrected chi connectivity index (χ1v) is 13.3. The van der Waals surface area contributed by atoms with E-state index in [-0.39, 0.29) is 10.6 Å². The Bertz CT molecular complexity index is 1500. The second-order valence-electron chi connectivity index (χ2n) is 7.97. The van der Waals surface area contributed by atoms with Crippen molar-refractivity contribution in [3.63, 3.8) is 0 Å². The summed E-state index contributed by atoms with van der Waals surface area (Å²) in [7, 11) is -4.00. The van der Waals surface area contributed by atoms with Crippen LogP contribution in [0.4, 0.5) is 5.69 Å². The Morgan fingerprint density at radius 2 is 1.86 bits per heavy atom. The molecule has 0 radical (unpaired) electrons. The normalized spacial score (nSPS) is 11.5. The molecule has 0 unspecified atom stereocenters. The Balaban J connectivity index is 1.53. The van der Waals surface area contributed by atoms with E-state index >= 15 is 0 Å². The number of nitrogens with one attached hydrogen (secondary N) is 1. The van der Waals surface area contributed by atoms with Gasteiger partial charge in [0.2, 0.25) is 0 Å². The van der Waals surface area contributed by atoms with Crippen LogP contribution in [0.1, 0.15) is 17.0 Å². The molecule has 4 aromatic rings. The molecule has 0 saturated heterocycles. The van der Waals surface area contributed by atoms with Crippen LogP contribution in [0.25, 0.3) is 5.69 Å². The summed E-state index contributed by atoms with van der Waals surface area (Å²) < 4.78 is 30.6. The van der Waals surface area contributed by atoms with Crippen molar-refractivity contribution in [2.24, 2.45) is 5.10 Å². The average Bonchev–Trinajstić information content (AvgIpc) is 3.16. The molecule has 184 valence electrons. The first-order valence-electron chi connectivity index (χ1n) is 11.0. The van der Waals surface area contributed by atoms with Crippen molar-refractivity contribution in [1.29, 1.82) is 0 Å². The molecule has 0 spiro atoms. The lowest BCUT2D eigenvalue weighted by Crippen LogP contribution is -2.39. The fourth-order valence-corrected chi connectivity index (χ4v) is 5.62. The first-order chi connectivity index (χ1) is 17.3. The van der Waals surface area contributed by atoms with Crippen molar-refractivity contribution in [1.82, 2.24) is 15.0 Å². The molecule has 0 saturated carbocycles. The summed E-state index contributed by atoms with van der Waals surface area (Å²) >= 11 is 3.50. The average molecular weight is 566 g/mol. The van der Waals surface area contributed by atoms with Gasteiger partial charge in [-0.2, -0.15) is 5.10 Å². The van der Waals surface area contributed by atoms with E-state index in [9.17, 15) is 13.2 Å². The second-order valence-corrected chi connectivity index (χ2v) is 10.7. The van der Waals surface area contributed by atoms with Crippen LogP contribution in [-0.2, 0) is 14.8 Å². The molecule has 0 fully saturated rings. The first kappa shape index (κ1) is 25.3. The van der Waals surface area contributed by atoms with Crippen LogP contribution in [0, 0.1) is 13.8 Å². The summed E-state index contributed by atoms with van der Waals surface area (Å²) in [5, 5.41) is 4.09. The molecule has 36 heavy (non-hydrogen) atoms. The number of hydrogen-bond donors (Lipinski definition) is 1. The van der Waals surface area contributed by atoms with E-state index in [1.165, 1.54) is 24.5 Å². The number of hydrogen-bond acceptors (Lipinski definition) is 5. The lowest BCUT2D eigenvalue weighted by atomic mass is 10.2. The summed E-state index contributed by atoms with van der Waals surface area (Å²) in [4.78, 5) is 16.8. The van der Waals surface area contributed by atoms with Gasteiger partial charge in [-0.1, -0.05) is 40.2 Å². The third-order valence-electron chi connectivity index (χ3n) is 5.48. The fraction of sp³-hybridized carbons (Fsp3) is 0.115. The molecular weight excluding hydrogens is 542 g/mol. The van der Waals surface area contributed by atoms with Gasteiger partial charge in [0.15, 0.2) is 0 Å². The van der Waals surface area contributed by atoms with Crippen molar-refractivity contribution >= 4 is 43.8 Å². The van der Waals surface area contributed by atoms with E-state index in [1.807, 2.05) is 44.2 Å². The highest BCUT2D eigenvalue weighted by molar-refractivity contribution is 9.10. The summed E-state index contributed by atoms with van der Waals surface area (Å²) in [6, 6.07) is 21.1. The predicted molar refractivity (Wildman–Crippen MR) is 144 cm³/mol. The van der Waals surface area contributed by atoms with Crippen molar-refractivity contribution < 1.29 is 13.2 Å². The van der Waals surface area contributed by atoms with Gasteiger partial charge < -0.3 is 4.57 Å². The van der Waals surface area contributed by atoms with E-state index in [1.54, 1.807) is 36.5 Å². The summed E-state index contributed by atoms with van der Waals surface area (Å²) in [5.74, 6) is -0.588. The van der Waals surface area contributed by atoms with Crippen molar-refractivity contribution in [3.05, 3.63) is 107 Å². The molecule has 1 N–H and O–H groups in total. The quantitative estimate of drug-likeness (QED) is 0.249. The minimum absolute atomic E-state index is 0.0742. The molecule has 0 aliphatic carbocycles. The molecule has 4 rings (SSSR count). The van der Waals surface area contributed by atoms with Gasteiger partial charge >= 0.3 is 0 Å². The Hall–Kier alpha value is -3.76. The molecular formula is C26H24BrN5O3S. The molecule has 2 aromatic carbocycles. The molecule has 8 nitrogen and oxygen atoms in total. The topological polar surface area (TPSA) is 96.7 Å². The number of halogens is 1. The number of carbonyl (C=O) groups is 1. The monoisotopic (exact) mass is 565 g/mol. The highest BCUT2D eigenvalue weighted by Gasteiger charge is 2.27. The molecule has 2 heterocycles. The van der Waals surface area contributed by atoms with Gasteiger partial charge in [-0.25, -0.2) is 13.8 Å². The Morgan fingerprint density at radius 3 is 2.56 bits per heavy atom. The number of sulfonamides is 1. The van der Waals surface area contributed by atoms with Gasteiger partial charge in [0.25, 0.3) is 15.9 Å². The van der Waals surface area contributed by atoms with Crippen LogP contribution >= 0.6 is 15.9 Å². The third-order valence-corrected chi connectivity index (χ3v) is 7.76. The summed E-state index contributed by atoms with van der Waals surface area (Å²) in [6.45, 7) is 3.50. The Labute approximate surface area is 218 Å². The zero-order chi connectivity index (χ0) is 25.7. The number of aromatic nitrogens is 2. The van der Waals surface area contributed by atoms with E-state index in [2.05, 4.69) is 36.0 Å². The van der Waals surface area contributed by atoms with E-state index < -0.39 is 22.5 Å². The van der Waals surface area contributed by atoms with Gasteiger partial charge in [0.1, 0.15) is 6.54 Å². The molecule has 0 aliphatic heterocycles. The minimum Gasteiger partial charge on any atom is -0.318 e. The smallest absolute Gasteiger partial charge is 0.264 e. The van der Waals surface area contributed by atoms with Crippen LogP contribution in [-0.4, -0.2) is 36.6 Å². The lowest BCUT2D eigenvalue weighted by molar-refractivity contribution is -0.119. The Kier molecular flexibility index (Phi) is 7.66. The molecule has 0 aliphatic rings. The Morgan fingerprint density at radius 1 is 1.08 bits per heavy atom. The van der Waals surface area contributed by atoms with Crippen LogP contribution in [0.3, 0.4) is 0 Å². The summed E-state index contributed by atoms with van der Waals surface area (Å²) in [5.41, 5.74) is 6.51. The van der Waals surface area contributed by atoms with Crippen LogP contribution in [0.2, 0.25) is 0 Å². The number of rotatable bonds is 8. The highest BCUT2D eigenvalue weighted by Crippen LogP contribution is 2.23. The number of amides is 1. The SMILES string of the molecule is Cc1cc(/C=N/NC(=O)CN(c2cccnc2)S(=O)(=O)c2ccccc2)c(C)n1-c1cccc(Br)c1. The zero-order valence-corrected chi connectivity index (χ0v) is 22.1. The fourth-order valence-electron chi connectivity index (χ4n) is 3.81. The largest absolute Gasteiger partial charge is 0.318 e. The second kappa shape index (κ2) is 10.9. The minimum atomic E-state index is -4.00. The zero-order valence-electron chi connectivity index (χ0n) is 19.7. The standard InChI is InChI=1S/C26H24BrN5O3S/c1-19-14-21(20(2)32(19)23-9-6-8-22(27)15-23)16-29-30-26(33)18-31(24-10-7-13-28-17-24)36(34,35)25-11-4-3-5-12-25/h3-17H,18H2,1-2H3,(H,30,33)/b29-16+. The van der Waals surface area contributed by atoms with Crippen LogP contribution < -0.4 is 9.73 Å². The van der Waals surface area contributed by atoms with Crippen LogP contribution in [0.5, 0.6) is 0 Å². The third kappa shape index (κ3) is 5.55. The van der Waals surface area contributed by atoms with Gasteiger partial charge in [0, 0.05) is 33.3 Å². The molecule has 1 amide bonds. The molecule has 0 bridgehead atoms. The van der Waals surface area contributed by atoms with Crippen molar-refractivity contribution in [2.45, 2.75) is 18.7 Å². The maximum absolute atomic E-state index is 13.3. The van der Waals surface area contributed by atoms with Crippen molar-refractivity contribution in [2.75, 3.05) is 10.8 Å². The highest BCUT2D eigenvalue weighted by atomic mass is 79.9. The molecule has 0 atom stereocenters. The number of hydrazone groups is 1. The number of nitrogens with zero attached hydrogens (tertiary/aromatic N) is 4. The van der Waals surface area contributed by atoms with E-state index in [0.29, 0.717) is 0 Å². The van der Waals surface area contributed by atoms with Gasteiger partial charge in [-0.05, 0) is 62.4 Å². The number of aryl methyl sites for hydroxylation is 1. The van der Waals surface area contributed by atoms with Gasteiger partial charge in [0.05, 0.1) is 23.0 Å². The van der Waals surface area contributed by atoms with Gasteiger partial charge in [-0.3, -0.25) is 14.1 Å². The molecule has 10 heteroatoms. The maximum atomic E-state index is 13.3. The predicted octanol–water partition coefficient (Wildman–Crippen LogP) is 4.60. The van der Waals surface area contributed by atoms with E-state index in [0.717, 1.165) is 31.4 Å². The number of benzene rings is 2. The van der Waals surface area contributed by atoms with Crippen molar-refractivity contribution in [3.8, 4) is 5.69 Å². The molecule has 2 aromatic heterocycles. The maximum Gasteiger partial charge on any atom is 0.264 e. The lowest BCUT2D eigenvalue weighted by Gasteiger charge is -2.23. The number of anilines is 1. The summed E-state index contributed by atoms with van der Waals surface area (Å²) in [6.07, 6.45) is 4.48. The number of carbonyl (C=O) groups excluding carboxylic acids is 1.